The van der Waals surface area contributed by atoms with Crippen molar-refractivity contribution in [3.63, 3.8) is 0 Å². The van der Waals surface area contributed by atoms with Crippen molar-refractivity contribution in [3.8, 4) is 34.5 Å². The molecule has 3 rings (SSSR count). The maximum Gasteiger partial charge on any atom is 0.647 e. The van der Waals surface area contributed by atoms with Gasteiger partial charge in [-0.25, -0.2) is 0 Å². The van der Waals surface area contributed by atoms with Crippen molar-refractivity contribution < 1.29 is 33.5 Å². The van der Waals surface area contributed by atoms with E-state index < -0.39 is 7.82 Å². The maximum absolute atomic E-state index is 13.4. The highest BCUT2D eigenvalue weighted by atomic mass is 35.5. The summed E-state index contributed by atoms with van der Waals surface area (Å²) < 4.78 is 29.6. The molecule has 0 heterocycles. The molecule has 0 saturated heterocycles. The number of rotatable bonds is 6. The molecular weight excluding hydrogens is 466 g/mol. The second-order valence-electron chi connectivity index (χ2n) is 5.57. The van der Waals surface area contributed by atoms with Crippen molar-refractivity contribution in [1.82, 2.24) is 0 Å². The molecule has 0 fully saturated rings. The molecule has 0 saturated carbocycles. The number of hydrogen-bond donors (Lipinski definition) is 3. The number of phenolic OH excluding ortho intramolecular Hbond substituents is 3. The maximum atomic E-state index is 13.4. The highest BCUT2D eigenvalue weighted by Gasteiger charge is 2.35. The Balaban J connectivity index is 2.00. The molecule has 0 radical (unpaired) electrons. The SMILES string of the molecule is O=P(Oc1ccc(O)cc1Cl)(Oc1ccc(O)cc1Cl)Oc1ccc(O)cc1Cl. The molecular formula is C18H12Cl3O7P. The molecule has 3 aromatic carbocycles. The number of hydrogen-bond acceptors (Lipinski definition) is 7. The molecule has 0 amide bonds. The molecule has 0 spiro atoms. The third kappa shape index (κ3) is 5.34. The fourth-order valence-electron chi connectivity index (χ4n) is 2.11. The molecule has 3 N–H and O–H groups in total. The normalized spacial score (nSPS) is 11.1. The lowest BCUT2D eigenvalue weighted by molar-refractivity contribution is 0.298. The Morgan fingerprint density at radius 3 is 1.10 bits per heavy atom. The number of phenols is 3. The van der Waals surface area contributed by atoms with Gasteiger partial charge in [-0.1, -0.05) is 34.8 Å². The molecule has 0 aliphatic rings. The van der Waals surface area contributed by atoms with Crippen LogP contribution >= 0.6 is 42.6 Å². The van der Waals surface area contributed by atoms with Crippen molar-refractivity contribution >= 4 is 42.6 Å². The zero-order chi connectivity index (χ0) is 21.2. The molecule has 0 aromatic heterocycles. The largest absolute Gasteiger partial charge is 0.647 e. The van der Waals surface area contributed by atoms with Gasteiger partial charge in [-0.2, -0.15) is 4.57 Å². The van der Waals surface area contributed by atoms with Gasteiger partial charge in [0.15, 0.2) is 17.2 Å². The lowest BCUT2D eigenvalue weighted by Crippen LogP contribution is -2.08. The molecule has 11 heteroatoms. The van der Waals surface area contributed by atoms with Gasteiger partial charge < -0.3 is 28.9 Å². The number of halogens is 3. The Morgan fingerprint density at radius 2 is 0.862 bits per heavy atom. The summed E-state index contributed by atoms with van der Waals surface area (Å²) in [5.74, 6) is -0.751. The first-order chi connectivity index (χ1) is 13.6. The zero-order valence-electron chi connectivity index (χ0n) is 14.3. The lowest BCUT2D eigenvalue weighted by Gasteiger charge is -2.21. The van der Waals surface area contributed by atoms with Crippen LogP contribution in [0.2, 0.25) is 15.1 Å². The van der Waals surface area contributed by atoms with E-state index in [0.29, 0.717) is 0 Å². The second kappa shape index (κ2) is 8.51. The van der Waals surface area contributed by atoms with Crippen molar-refractivity contribution in [2.24, 2.45) is 0 Å². The van der Waals surface area contributed by atoms with Gasteiger partial charge in [0, 0.05) is 18.2 Å². The lowest BCUT2D eigenvalue weighted by atomic mass is 10.3. The third-order valence-electron chi connectivity index (χ3n) is 3.38. The summed E-state index contributed by atoms with van der Waals surface area (Å²) in [6.45, 7) is 0. The minimum Gasteiger partial charge on any atom is -0.508 e. The first kappa shape index (κ1) is 21.3. The van der Waals surface area contributed by atoms with E-state index in [1.54, 1.807) is 0 Å². The first-order valence-corrected chi connectivity index (χ1v) is 10.4. The predicted molar refractivity (Wildman–Crippen MR) is 109 cm³/mol. The first-order valence-electron chi connectivity index (χ1n) is 7.79. The minimum absolute atomic E-state index is 0.0639. The highest BCUT2D eigenvalue weighted by molar-refractivity contribution is 7.49. The van der Waals surface area contributed by atoms with Gasteiger partial charge >= 0.3 is 7.82 Å². The van der Waals surface area contributed by atoms with Crippen molar-refractivity contribution in [2.45, 2.75) is 0 Å². The van der Waals surface area contributed by atoms with Crippen LogP contribution in [0.4, 0.5) is 0 Å². The molecule has 0 aliphatic carbocycles. The monoisotopic (exact) mass is 476 g/mol. The number of phosphoric acid groups is 1. The standard InChI is InChI=1S/C18H12Cl3O7P/c19-13-7-10(22)1-4-16(13)26-29(25,27-17-5-2-11(23)8-14(17)20)28-18-6-3-12(24)9-15(18)21/h1-9,22-24H. The van der Waals surface area contributed by atoms with Crippen molar-refractivity contribution in [2.75, 3.05) is 0 Å². The number of phosphoric ester groups is 1. The van der Waals surface area contributed by atoms with Gasteiger partial charge in [0.1, 0.15) is 17.2 Å². The van der Waals surface area contributed by atoms with Crippen LogP contribution in [0.3, 0.4) is 0 Å². The second-order valence-corrected chi connectivity index (χ2v) is 8.23. The van der Waals surface area contributed by atoms with Crippen LogP contribution < -0.4 is 13.6 Å². The van der Waals surface area contributed by atoms with E-state index in [9.17, 15) is 19.9 Å². The fraction of sp³-hybridized carbons (Fsp3) is 0. The van der Waals surface area contributed by atoms with Crippen LogP contribution in [0, 0.1) is 0 Å². The fourth-order valence-corrected chi connectivity index (χ4v) is 4.22. The molecule has 0 atom stereocenters. The number of benzene rings is 3. The van der Waals surface area contributed by atoms with Gasteiger partial charge in [0.2, 0.25) is 0 Å². The summed E-state index contributed by atoms with van der Waals surface area (Å²) in [6, 6.07) is 11.1. The van der Waals surface area contributed by atoms with Gasteiger partial charge in [-0.15, -0.1) is 0 Å². The molecule has 29 heavy (non-hydrogen) atoms. The van der Waals surface area contributed by atoms with Gasteiger partial charge in [0.05, 0.1) is 15.1 Å². The van der Waals surface area contributed by atoms with E-state index in [1.807, 2.05) is 0 Å². The van der Waals surface area contributed by atoms with E-state index in [4.69, 9.17) is 48.4 Å². The molecule has 0 bridgehead atoms. The minimum atomic E-state index is -4.51. The Morgan fingerprint density at radius 1 is 0.586 bits per heavy atom. The van der Waals surface area contributed by atoms with Crippen LogP contribution in [0.5, 0.6) is 34.5 Å². The van der Waals surface area contributed by atoms with Crippen LogP contribution in [0.1, 0.15) is 0 Å². The third-order valence-corrected chi connectivity index (χ3v) is 5.52. The van der Waals surface area contributed by atoms with E-state index in [-0.39, 0.29) is 49.6 Å². The summed E-state index contributed by atoms with van der Waals surface area (Å²) in [5.41, 5.74) is 0. The average molecular weight is 478 g/mol. The molecule has 0 unspecified atom stereocenters. The Bertz CT molecular complexity index is 970. The van der Waals surface area contributed by atoms with Crippen LogP contribution in [0.15, 0.2) is 54.6 Å². The van der Waals surface area contributed by atoms with Gasteiger partial charge in [-0.05, 0) is 36.4 Å². The van der Waals surface area contributed by atoms with Crippen LogP contribution in [-0.2, 0) is 4.57 Å². The molecule has 7 nitrogen and oxygen atoms in total. The average Bonchev–Trinajstić information content (AvgIpc) is 2.63. The van der Waals surface area contributed by atoms with Gasteiger partial charge in [-0.3, -0.25) is 0 Å². The molecule has 152 valence electrons. The number of aromatic hydroxyl groups is 3. The quantitative estimate of drug-likeness (QED) is 0.352. The summed E-state index contributed by atoms with van der Waals surface area (Å²) in [7, 11) is -4.51. The van der Waals surface area contributed by atoms with E-state index >= 15 is 0 Å². The zero-order valence-corrected chi connectivity index (χ0v) is 17.4. The summed E-state index contributed by atoms with van der Waals surface area (Å²) in [4.78, 5) is 0. The molecule has 0 aliphatic heterocycles. The Kier molecular flexibility index (Phi) is 6.24. The van der Waals surface area contributed by atoms with E-state index in [1.165, 1.54) is 54.6 Å². The smallest absolute Gasteiger partial charge is 0.508 e. The van der Waals surface area contributed by atoms with Crippen molar-refractivity contribution in [3.05, 3.63) is 69.7 Å². The van der Waals surface area contributed by atoms with E-state index in [0.717, 1.165) is 0 Å². The van der Waals surface area contributed by atoms with Gasteiger partial charge in [0.25, 0.3) is 0 Å². The van der Waals surface area contributed by atoms with E-state index in [2.05, 4.69) is 0 Å². The van der Waals surface area contributed by atoms with Crippen molar-refractivity contribution in [1.29, 1.82) is 0 Å². The topological polar surface area (TPSA) is 105 Å². The summed E-state index contributed by atoms with van der Waals surface area (Å²) >= 11 is 18.0. The molecule has 3 aromatic rings. The summed E-state index contributed by atoms with van der Waals surface area (Å²) in [6.07, 6.45) is 0. The van der Waals surface area contributed by atoms with Crippen LogP contribution in [-0.4, -0.2) is 15.3 Å². The van der Waals surface area contributed by atoms with Crippen LogP contribution in [0.25, 0.3) is 0 Å². The Hall–Kier alpha value is -2.44. The highest BCUT2D eigenvalue weighted by Crippen LogP contribution is 2.53. The predicted octanol–water partition coefficient (Wildman–Crippen LogP) is 6.41. The Labute approximate surface area is 180 Å². The summed E-state index contributed by atoms with van der Waals surface area (Å²) in [5, 5.41) is 28.2.